The van der Waals surface area contributed by atoms with E-state index < -0.39 is 5.66 Å². The van der Waals surface area contributed by atoms with Crippen molar-refractivity contribution in [2.24, 2.45) is 10.7 Å². The molecule has 0 amide bonds. The number of nitrogens with one attached hydrogen (secondary N) is 2. The first kappa shape index (κ1) is 16.6. The van der Waals surface area contributed by atoms with Gasteiger partial charge in [0.05, 0.1) is 0 Å². The summed E-state index contributed by atoms with van der Waals surface area (Å²) in [5.41, 5.74) is 8.02. The molecule has 124 valence electrons. The third-order valence-electron chi connectivity index (χ3n) is 3.91. The molecule has 0 bridgehead atoms. The molecule has 1 aliphatic rings. The lowest BCUT2D eigenvalue weighted by molar-refractivity contribution is 0.472. The molecule has 1 atom stereocenters. The molecule has 1 heterocycles. The van der Waals surface area contributed by atoms with Crippen LogP contribution in [-0.2, 0) is 12.8 Å². The number of hydrogen-bond donors (Lipinski definition) is 3. The molecule has 0 saturated carbocycles. The Balaban J connectivity index is 1.63. The summed E-state index contributed by atoms with van der Waals surface area (Å²) in [7, 11) is 0. The second kappa shape index (κ2) is 7.51. The van der Waals surface area contributed by atoms with Crippen LogP contribution in [0.2, 0.25) is 5.02 Å². The van der Waals surface area contributed by atoms with Gasteiger partial charge in [0.25, 0.3) is 0 Å². The van der Waals surface area contributed by atoms with Gasteiger partial charge in [0.1, 0.15) is 5.66 Å². The van der Waals surface area contributed by atoms with Crippen molar-refractivity contribution in [3.8, 4) is 0 Å². The van der Waals surface area contributed by atoms with Gasteiger partial charge in [-0.15, -0.1) is 0 Å². The molecular formula is C19H21ClN4. The van der Waals surface area contributed by atoms with E-state index in [1.54, 1.807) is 0 Å². The van der Waals surface area contributed by atoms with Crippen LogP contribution < -0.4 is 16.4 Å². The molecule has 24 heavy (non-hydrogen) atoms. The van der Waals surface area contributed by atoms with E-state index in [1.807, 2.05) is 54.7 Å². The lowest BCUT2D eigenvalue weighted by Gasteiger charge is -2.32. The summed E-state index contributed by atoms with van der Waals surface area (Å²) < 4.78 is 0. The van der Waals surface area contributed by atoms with Crippen LogP contribution in [0.5, 0.6) is 0 Å². The molecule has 2 aromatic carbocycles. The molecule has 4 N–H and O–H groups in total. The molecule has 4 nitrogen and oxygen atoms in total. The van der Waals surface area contributed by atoms with E-state index in [4.69, 9.17) is 17.3 Å². The molecular weight excluding hydrogens is 320 g/mol. The summed E-state index contributed by atoms with van der Waals surface area (Å²) in [5, 5.41) is 7.09. The zero-order valence-corrected chi connectivity index (χ0v) is 14.1. The summed E-state index contributed by atoms with van der Waals surface area (Å²) >= 11 is 6.24. The zero-order valence-electron chi connectivity index (χ0n) is 13.4. The Hall–Kier alpha value is -2.30. The number of hydrogen-bond acceptors (Lipinski definition) is 2. The van der Waals surface area contributed by atoms with Gasteiger partial charge >= 0.3 is 0 Å². The van der Waals surface area contributed by atoms with Gasteiger partial charge in [-0.2, -0.15) is 0 Å². The third kappa shape index (κ3) is 4.37. The highest BCUT2D eigenvalue weighted by atomic mass is 35.5. The number of nitrogens with two attached hydrogens (primary N) is 1. The van der Waals surface area contributed by atoms with E-state index in [1.165, 1.54) is 5.56 Å². The van der Waals surface area contributed by atoms with Gasteiger partial charge in [-0.25, -0.2) is 0 Å². The maximum atomic E-state index is 6.46. The van der Waals surface area contributed by atoms with Gasteiger partial charge in [0.15, 0.2) is 5.96 Å². The maximum Gasteiger partial charge on any atom is 0.197 e. The highest BCUT2D eigenvalue weighted by Gasteiger charge is 2.26. The number of rotatable bonds is 5. The van der Waals surface area contributed by atoms with Crippen LogP contribution in [0.25, 0.3) is 0 Å². The van der Waals surface area contributed by atoms with Crippen LogP contribution in [0, 0.1) is 0 Å². The molecule has 5 heteroatoms. The van der Waals surface area contributed by atoms with Crippen LogP contribution in [0.1, 0.15) is 11.1 Å². The summed E-state index contributed by atoms with van der Waals surface area (Å²) in [6.45, 7) is 0.690. The van der Waals surface area contributed by atoms with Gasteiger partial charge in [-0.05, 0) is 29.7 Å². The highest BCUT2D eigenvalue weighted by Crippen LogP contribution is 2.20. The zero-order chi connectivity index (χ0) is 16.8. The average molecular weight is 341 g/mol. The Morgan fingerprint density at radius 3 is 2.58 bits per heavy atom. The van der Waals surface area contributed by atoms with E-state index >= 15 is 0 Å². The fraction of sp³-hybridized carbons (Fsp3) is 0.211. The van der Waals surface area contributed by atoms with Crippen molar-refractivity contribution >= 4 is 17.6 Å². The van der Waals surface area contributed by atoms with E-state index in [2.05, 4.69) is 27.8 Å². The van der Waals surface area contributed by atoms with Gasteiger partial charge in [0.2, 0.25) is 0 Å². The van der Waals surface area contributed by atoms with Crippen molar-refractivity contribution in [1.29, 1.82) is 0 Å². The minimum Gasteiger partial charge on any atom is -0.334 e. The summed E-state index contributed by atoms with van der Waals surface area (Å²) in [4.78, 5) is 4.57. The first-order chi connectivity index (χ1) is 11.6. The first-order valence-electron chi connectivity index (χ1n) is 7.98. The minimum atomic E-state index is -0.707. The van der Waals surface area contributed by atoms with E-state index in [-0.39, 0.29) is 0 Å². The number of aliphatic imine (C=N–C) groups is 1. The van der Waals surface area contributed by atoms with Crippen LogP contribution in [-0.4, -0.2) is 18.2 Å². The number of nitrogens with zero attached hydrogens (tertiary/aromatic N) is 1. The fourth-order valence-electron chi connectivity index (χ4n) is 2.65. The Morgan fingerprint density at radius 2 is 1.79 bits per heavy atom. The summed E-state index contributed by atoms with van der Waals surface area (Å²) in [5.74, 6) is 0.683. The van der Waals surface area contributed by atoms with E-state index in [9.17, 15) is 0 Å². The van der Waals surface area contributed by atoms with Crippen molar-refractivity contribution in [3.05, 3.63) is 83.0 Å². The van der Waals surface area contributed by atoms with Crippen LogP contribution >= 0.6 is 11.6 Å². The molecule has 3 rings (SSSR count). The predicted octanol–water partition coefficient (Wildman–Crippen LogP) is 2.84. The van der Waals surface area contributed by atoms with Gasteiger partial charge < -0.3 is 16.4 Å². The highest BCUT2D eigenvalue weighted by molar-refractivity contribution is 6.31. The lowest BCUT2D eigenvalue weighted by Crippen LogP contribution is -2.61. The number of halogens is 1. The smallest absolute Gasteiger partial charge is 0.197 e. The molecule has 2 aromatic rings. The van der Waals surface area contributed by atoms with Crippen LogP contribution in [0.15, 0.2) is 71.9 Å². The third-order valence-corrected chi connectivity index (χ3v) is 4.27. The Bertz CT molecular complexity index is 742. The van der Waals surface area contributed by atoms with E-state index in [0.717, 1.165) is 17.0 Å². The minimum absolute atomic E-state index is 0.586. The second-order valence-electron chi connectivity index (χ2n) is 5.88. The molecule has 0 saturated heterocycles. The molecule has 0 aromatic heterocycles. The van der Waals surface area contributed by atoms with Crippen molar-refractivity contribution in [2.75, 3.05) is 6.54 Å². The van der Waals surface area contributed by atoms with Gasteiger partial charge in [-0.3, -0.25) is 4.99 Å². The fourth-order valence-corrected chi connectivity index (χ4v) is 2.86. The monoisotopic (exact) mass is 340 g/mol. The van der Waals surface area contributed by atoms with Gasteiger partial charge in [0, 0.05) is 24.2 Å². The van der Waals surface area contributed by atoms with Gasteiger partial charge in [-0.1, -0.05) is 60.1 Å². The molecule has 0 radical (unpaired) electrons. The van der Waals surface area contributed by atoms with E-state index in [0.29, 0.717) is 18.9 Å². The Labute approximate surface area is 147 Å². The molecule has 1 unspecified atom stereocenters. The largest absolute Gasteiger partial charge is 0.334 e. The molecule has 0 fully saturated rings. The number of guanidine groups is 1. The predicted molar refractivity (Wildman–Crippen MR) is 99.9 cm³/mol. The summed E-state index contributed by atoms with van der Waals surface area (Å²) in [6, 6.07) is 18.0. The summed E-state index contributed by atoms with van der Waals surface area (Å²) in [6.07, 6.45) is 5.20. The standard InChI is InChI=1S/C19H21ClN4/c20-17-9-5-4-8-16(17)14-19(21)11-13-23-18(24-19)22-12-10-15-6-2-1-3-7-15/h1-9,11,13H,10,12,14,21H2,(H2,22,23,24). The topological polar surface area (TPSA) is 62.4 Å². The first-order valence-corrected chi connectivity index (χ1v) is 8.35. The number of benzene rings is 2. The van der Waals surface area contributed by atoms with Crippen molar-refractivity contribution in [1.82, 2.24) is 10.6 Å². The maximum absolute atomic E-state index is 6.46. The lowest BCUT2D eigenvalue weighted by atomic mass is 9.99. The van der Waals surface area contributed by atoms with Crippen molar-refractivity contribution in [2.45, 2.75) is 18.5 Å². The second-order valence-corrected chi connectivity index (χ2v) is 6.28. The van der Waals surface area contributed by atoms with Crippen LogP contribution in [0.4, 0.5) is 0 Å². The average Bonchev–Trinajstić information content (AvgIpc) is 2.58. The SMILES string of the molecule is NC1(Cc2ccccc2Cl)C=CNC(=NCCc2ccccc2)N1. The van der Waals surface area contributed by atoms with Crippen LogP contribution in [0.3, 0.4) is 0 Å². The van der Waals surface area contributed by atoms with Crippen molar-refractivity contribution in [3.63, 3.8) is 0 Å². The normalized spacial score (nSPS) is 21.3. The molecule has 1 aliphatic heterocycles. The molecule has 0 spiro atoms. The quantitative estimate of drug-likeness (QED) is 0.784. The molecule has 0 aliphatic carbocycles. The Morgan fingerprint density at radius 1 is 1.04 bits per heavy atom. The van der Waals surface area contributed by atoms with Crippen molar-refractivity contribution < 1.29 is 0 Å². The Kier molecular flexibility index (Phi) is 5.18.